The lowest BCUT2D eigenvalue weighted by Gasteiger charge is -2.18. The number of anilines is 1. The van der Waals surface area contributed by atoms with Crippen molar-refractivity contribution in [1.29, 1.82) is 0 Å². The van der Waals surface area contributed by atoms with Gasteiger partial charge in [-0.1, -0.05) is 31.2 Å². The fourth-order valence-corrected chi connectivity index (χ4v) is 3.26. The number of carbonyl (C=O) groups excluding carboxylic acids is 2. The van der Waals surface area contributed by atoms with E-state index in [1.54, 1.807) is 11.9 Å². The summed E-state index contributed by atoms with van der Waals surface area (Å²) in [5, 5.41) is 0. The van der Waals surface area contributed by atoms with Crippen molar-refractivity contribution < 1.29 is 14.3 Å². The molecule has 0 radical (unpaired) electrons. The van der Waals surface area contributed by atoms with Crippen molar-refractivity contribution in [2.24, 2.45) is 0 Å². The summed E-state index contributed by atoms with van der Waals surface area (Å²) in [5.41, 5.74) is 3.84. The van der Waals surface area contributed by atoms with Crippen LogP contribution in [0.25, 0.3) is 11.0 Å². The van der Waals surface area contributed by atoms with Crippen molar-refractivity contribution in [2.75, 3.05) is 32.6 Å². The molecule has 0 spiro atoms. The Kier molecular flexibility index (Phi) is 6.72. The first-order chi connectivity index (χ1) is 14.4. The van der Waals surface area contributed by atoms with Gasteiger partial charge in [0, 0.05) is 39.8 Å². The number of aromatic nitrogens is 2. The minimum absolute atomic E-state index is 0.0344. The number of nitrogens with zero attached hydrogens (tertiary/aromatic N) is 4. The molecule has 7 heteroatoms. The monoisotopic (exact) mass is 408 g/mol. The number of para-hydroxylation sites is 2. The van der Waals surface area contributed by atoms with Crippen molar-refractivity contribution in [3.8, 4) is 0 Å². The molecule has 2 aromatic carbocycles. The highest BCUT2D eigenvalue weighted by atomic mass is 16.5. The van der Waals surface area contributed by atoms with Gasteiger partial charge in [-0.3, -0.25) is 9.59 Å². The van der Waals surface area contributed by atoms with E-state index in [9.17, 15) is 9.59 Å². The second-order valence-corrected chi connectivity index (χ2v) is 7.43. The van der Waals surface area contributed by atoms with Crippen molar-refractivity contribution in [3.63, 3.8) is 0 Å². The first kappa shape index (κ1) is 21.4. The van der Waals surface area contributed by atoms with Crippen LogP contribution in [0.1, 0.15) is 18.3 Å². The Morgan fingerprint density at radius 3 is 2.40 bits per heavy atom. The van der Waals surface area contributed by atoms with Gasteiger partial charge in [0.25, 0.3) is 5.91 Å². The molecule has 0 aliphatic carbocycles. The number of imidazole rings is 1. The second-order valence-electron chi connectivity index (χ2n) is 7.43. The molecule has 3 aromatic rings. The lowest BCUT2D eigenvalue weighted by molar-refractivity contribution is -0.152. The van der Waals surface area contributed by atoms with Gasteiger partial charge in [0.15, 0.2) is 6.61 Å². The third-order valence-corrected chi connectivity index (χ3v) is 4.99. The highest BCUT2D eigenvalue weighted by Gasteiger charge is 2.16. The predicted molar refractivity (Wildman–Crippen MR) is 117 cm³/mol. The number of benzene rings is 2. The number of fused-ring (bicyclic) bond motifs is 1. The normalized spacial score (nSPS) is 10.8. The van der Waals surface area contributed by atoms with Gasteiger partial charge in [0.2, 0.25) is 0 Å². The first-order valence-corrected chi connectivity index (χ1v) is 9.99. The van der Waals surface area contributed by atoms with E-state index in [2.05, 4.69) is 4.98 Å². The molecule has 1 amide bonds. The summed E-state index contributed by atoms with van der Waals surface area (Å²) in [6.45, 7) is 2.20. The summed E-state index contributed by atoms with van der Waals surface area (Å²) >= 11 is 0. The van der Waals surface area contributed by atoms with Crippen LogP contribution in [-0.2, 0) is 33.8 Å². The summed E-state index contributed by atoms with van der Waals surface area (Å²) in [5.74, 6) is 0.119. The number of amides is 1. The SMILES string of the molecule is CCc1nc2ccccc2n1CC(=O)OCC(=O)N(C)Cc1ccc(N(C)C)cc1. The van der Waals surface area contributed by atoms with Gasteiger partial charge >= 0.3 is 5.97 Å². The molecule has 0 fully saturated rings. The number of aryl methyl sites for hydroxylation is 1. The molecule has 0 saturated carbocycles. The van der Waals surface area contributed by atoms with E-state index in [1.807, 2.05) is 79.0 Å². The van der Waals surface area contributed by atoms with Gasteiger partial charge in [-0.25, -0.2) is 4.98 Å². The lowest BCUT2D eigenvalue weighted by atomic mass is 10.2. The Bertz CT molecular complexity index is 1020. The number of esters is 1. The van der Waals surface area contributed by atoms with Crippen LogP contribution in [0.3, 0.4) is 0 Å². The van der Waals surface area contributed by atoms with Gasteiger partial charge in [0.1, 0.15) is 12.4 Å². The van der Waals surface area contributed by atoms with Gasteiger partial charge in [-0.15, -0.1) is 0 Å². The number of ether oxygens (including phenoxy) is 1. The van der Waals surface area contributed by atoms with Crippen LogP contribution in [-0.4, -0.2) is 54.1 Å². The lowest BCUT2D eigenvalue weighted by Crippen LogP contribution is -2.31. The Morgan fingerprint density at radius 1 is 1.03 bits per heavy atom. The summed E-state index contributed by atoms with van der Waals surface area (Å²) in [6, 6.07) is 15.7. The van der Waals surface area contributed by atoms with E-state index >= 15 is 0 Å². The molecule has 3 rings (SSSR count). The molecule has 30 heavy (non-hydrogen) atoms. The van der Waals surface area contributed by atoms with Crippen LogP contribution in [0.2, 0.25) is 0 Å². The number of hydrogen-bond acceptors (Lipinski definition) is 5. The number of rotatable bonds is 8. The Balaban J connectivity index is 1.55. The molecule has 0 bridgehead atoms. The van der Waals surface area contributed by atoms with Crippen molar-refractivity contribution in [1.82, 2.24) is 14.5 Å². The molecule has 0 N–H and O–H groups in total. The van der Waals surface area contributed by atoms with E-state index in [0.717, 1.165) is 28.1 Å². The second kappa shape index (κ2) is 9.43. The molecule has 0 atom stereocenters. The third-order valence-electron chi connectivity index (χ3n) is 4.99. The van der Waals surface area contributed by atoms with Crippen LogP contribution in [0.5, 0.6) is 0 Å². The Hall–Kier alpha value is -3.35. The summed E-state index contributed by atoms with van der Waals surface area (Å²) < 4.78 is 7.09. The van der Waals surface area contributed by atoms with E-state index in [0.29, 0.717) is 13.0 Å². The number of likely N-dealkylation sites (N-methyl/N-ethyl adjacent to an activating group) is 1. The maximum absolute atomic E-state index is 12.4. The molecule has 0 saturated heterocycles. The van der Waals surface area contributed by atoms with E-state index in [1.165, 1.54) is 0 Å². The maximum Gasteiger partial charge on any atom is 0.326 e. The molecule has 7 nitrogen and oxygen atoms in total. The summed E-state index contributed by atoms with van der Waals surface area (Å²) in [6.07, 6.45) is 0.705. The average molecular weight is 409 g/mol. The molecular formula is C23H28N4O3. The number of carbonyl (C=O) groups is 2. The molecule has 0 aliphatic heterocycles. The summed E-state index contributed by atoms with van der Waals surface area (Å²) in [7, 11) is 5.67. The first-order valence-electron chi connectivity index (χ1n) is 9.99. The largest absolute Gasteiger partial charge is 0.454 e. The standard InChI is InChI=1S/C23H28N4O3/c1-5-21-24-19-8-6-7-9-20(19)27(21)15-23(29)30-16-22(28)26(4)14-17-10-12-18(13-11-17)25(2)3/h6-13H,5,14-16H2,1-4H3. The zero-order valence-corrected chi connectivity index (χ0v) is 18.0. The van der Waals surface area contributed by atoms with E-state index in [4.69, 9.17) is 4.74 Å². The van der Waals surface area contributed by atoms with Crippen LogP contribution in [0.4, 0.5) is 5.69 Å². The molecule has 0 unspecified atom stereocenters. The Labute approximate surface area is 176 Å². The fourth-order valence-electron chi connectivity index (χ4n) is 3.26. The zero-order chi connectivity index (χ0) is 21.7. The highest BCUT2D eigenvalue weighted by molar-refractivity contribution is 5.82. The Morgan fingerprint density at radius 2 is 1.73 bits per heavy atom. The average Bonchev–Trinajstić information content (AvgIpc) is 3.09. The van der Waals surface area contributed by atoms with Gasteiger partial charge in [-0.05, 0) is 29.8 Å². The van der Waals surface area contributed by atoms with Crippen LogP contribution >= 0.6 is 0 Å². The molecule has 1 aromatic heterocycles. The quantitative estimate of drug-likeness (QED) is 0.536. The van der Waals surface area contributed by atoms with Crippen LogP contribution < -0.4 is 4.90 Å². The van der Waals surface area contributed by atoms with Gasteiger partial charge in [-0.2, -0.15) is 0 Å². The van der Waals surface area contributed by atoms with E-state index < -0.39 is 5.97 Å². The fraction of sp³-hybridized carbons (Fsp3) is 0.348. The predicted octanol–water partition coefficient (Wildman–Crippen LogP) is 2.87. The smallest absolute Gasteiger partial charge is 0.326 e. The third kappa shape index (κ3) is 4.97. The van der Waals surface area contributed by atoms with Crippen molar-refractivity contribution >= 4 is 28.6 Å². The minimum atomic E-state index is -0.454. The molecule has 158 valence electrons. The highest BCUT2D eigenvalue weighted by Crippen LogP contribution is 2.17. The number of hydrogen-bond donors (Lipinski definition) is 0. The minimum Gasteiger partial charge on any atom is -0.454 e. The van der Waals surface area contributed by atoms with E-state index in [-0.39, 0.29) is 19.1 Å². The van der Waals surface area contributed by atoms with Gasteiger partial charge in [0.05, 0.1) is 11.0 Å². The van der Waals surface area contributed by atoms with Crippen molar-refractivity contribution in [2.45, 2.75) is 26.4 Å². The molecular weight excluding hydrogens is 380 g/mol. The molecule has 0 aliphatic rings. The van der Waals surface area contributed by atoms with Gasteiger partial charge < -0.3 is 19.1 Å². The topological polar surface area (TPSA) is 67.7 Å². The summed E-state index contributed by atoms with van der Waals surface area (Å²) in [4.78, 5) is 32.9. The zero-order valence-electron chi connectivity index (χ0n) is 18.0. The molecule has 1 heterocycles. The van der Waals surface area contributed by atoms with Crippen LogP contribution in [0, 0.1) is 0 Å². The van der Waals surface area contributed by atoms with Crippen LogP contribution in [0.15, 0.2) is 48.5 Å². The maximum atomic E-state index is 12.4. The van der Waals surface area contributed by atoms with Crippen molar-refractivity contribution in [3.05, 3.63) is 59.9 Å².